The van der Waals surface area contributed by atoms with Crippen molar-refractivity contribution in [3.05, 3.63) is 30.7 Å². The Morgan fingerprint density at radius 2 is 2.07 bits per heavy atom. The van der Waals surface area contributed by atoms with Crippen LogP contribution in [0.3, 0.4) is 0 Å². The Kier molecular flexibility index (Phi) is 5.84. The molecule has 27 heavy (non-hydrogen) atoms. The molecule has 2 aliphatic rings. The van der Waals surface area contributed by atoms with E-state index in [1.165, 1.54) is 0 Å². The zero-order valence-corrected chi connectivity index (χ0v) is 15.7. The minimum absolute atomic E-state index is 0.0371. The fourth-order valence-electron chi connectivity index (χ4n) is 3.95. The number of nitrogens with one attached hydrogen (secondary N) is 1. The molecule has 1 atom stereocenters. The van der Waals surface area contributed by atoms with Gasteiger partial charge in [-0.1, -0.05) is 0 Å². The third kappa shape index (κ3) is 4.56. The zero-order valence-electron chi connectivity index (χ0n) is 15.7. The van der Waals surface area contributed by atoms with Crippen molar-refractivity contribution in [3.63, 3.8) is 0 Å². The van der Waals surface area contributed by atoms with Crippen molar-refractivity contribution in [3.8, 4) is 0 Å². The van der Waals surface area contributed by atoms with Gasteiger partial charge in [-0.05, 0) is 38.3 Å². The highest BCUT2D eigenvalue weighted by Gasteiger charge is 2.26. The zero-order chi connectivity index (χ0) is 18.5. The molecule has 2 aliphatic heterocycles. The molecule has 2 aromatic rings. The Hall–Kier alpha value is -2.19. The molecule has 1 amide bonds. The van der Waals surface area contributed by atoms with Gasteiger partial charge < -0.3 is 15.0 Å². The predicted octanol–water partition coefficient (Wildman–Crippen LogP) is 1.78. The summed E-state index contributed by atoms with van der Waals surface area (Å²) in [4.78, 5) is 14.9. The number of amides is 1. The van der Waals surface area contributed by atoms with Crippen LogP contribution in [0, 0.1) is 5.92 Å². The summed E-state index contributed by atoms with van der Waals surface area (Å²) in [5.74, 6) is 0.819. The molecule has 8 heteroatoms. The van der Waals surface area contributed by atoms with E-state index in [1.807, 2.05) is 33.9 Å². The number of hydrogen-bond acceptors (Lipinski definition) is 5. The summed E-state index contributed by atoms with van der Waals surface area (Å²) in [6.45, 7) is 5.39. The van der Waals surface area contributed by atoms with Gasteiger partial charge in [-0.15, -0.1) is 0 Å². The normalized spacial score (nSPS) is 21.6. The van der Waals surface area contributed by atoms with Gasteiger partial charge in [0.15, 0.2) is 0 Å². The number of piperidine rings is 1. The number of nitrogens with zero attached hydrogens (tertiary/aromatic N) is 5. The van der Waals surface area contributed by atoms with Gasteiger partial charge in [0.1, 0.15) is 5.82 Å². The predicted molar refractivity (Wildman–Crippen MR) is 101 cm³/mol. The standard InChI is InChI=1S/C19H28N6O2/c26-19(16-6-14-27-15-16)22-18-3-8-21-25(18)17-4-12-23(13-5-17)9-2-11-24-10-1-7-20-24/h1,3,7-8,10,16-17H,2,4-6,9,11-15H2,(H,22,26)/t16-/m0/s1. The molecule has 8 nitrogen and oxygen atoms in total. The van der Waals surface area contributed by atoms with Crippen molar-refractivity contribution < 1.29 is 9.53 Å². The lowest BCUT2D eigenvalue weighted by atomic mass is 10.0. The Bertz CT molecular complexity index is 714. The van der Waals surface area contributed by atoms with Crippen LogP contribution in [-0.4, -0.2) is 63.2 Å². The monoisotopic (exact) mass is 372 g/mol. The highest BCUT2D eigenvalue weighted by molar-refractivity contribution is 5.92. The lowest BCUT2D eigenvalue weighted by Crippen LogP contribution is -2.36. The first kappa shape index (κ1) is 18.2. The quantitative estimate of drug-likeness (QED) is 0.802. The van der Waals surface area contributed by atoms with Gasteiger partial charge in [0.25, 0.3) is 0 Å². The maximum absolute atomic E-state index is 12.4. The highest BCUT2D eigenvalue weighted by atomic mass is 16.5. The fraction of sp³-hybridized carbons (Fsp3) is 0.632. The number of carbonyl (C=O) groups excluding carboxylic acids is 1. The number of likely N-dealkylation sites (tertiary alicyclic amines) is 1. The maximum atomic E-state index is 12.4. The van der Waals surface area contributed by atoms with E-state index in [0.29, 0.717) is 19.3 Å². The Labute approximate surface area is 159 Å². The number of anilines is 1. The minimum atomic E-state index is -0.0371. The number of carbonyl (C=O) groups is 1. The molecule has 0 aliphatic carbocycles. The van der Waals surface area contributed by atoms with Crippen LogP contribution in [0.25, 0.3) is 0 Å². The van der Waals surface area contributed by atoms with Crippen LogP contribution in [0.2, 0.25) is 0 Å². The molecule has 2 fully saturated rings. The molecular weight excluding hydrogens is 344 g/mol. The number of aromatic nitrogens is 4. The molecule has 4 rings (SSSR count). The molecule has 4 heterocycles. The Morgan fingerprint density at radius 1 is 1.19 bits per heavy atom. The molecule has 0 saturated carbocycles. The van der Waals surface area contributed by atoms with Gasteiger partial charge in [-0.3, -0.25) is 9.48 Å². The summed E-state index contributed by atoms with van der Waals surface area (Å²) in [5, 5.41) is 11.8. The molecule has 146 valence electrons. The van der Waals surface area contributed by atoms with Gasteiger partial charge in [-0.2, -0.15) is 10.2 Å². The molecule has 1 N–H and O–H groups in total. The van der Waals surface area contributed by atoms with Crippen LogP contribution in [0.4, 0.5) is 5.82 Å². The highest BCUT2D eigenvalue weighted by Crippen LogP contribution is 2.26. The summed E-state index contributed by atoms with van der Waals surface area (Å²) >= 11 is 0. The number of ether oxygens (including phenoxy) is 1. The SMILES string of the molecule is O=C(Nc1ccnn1C1CCN(CCCn2cccn2)CC1)[C@H]1CCOC1. The second kappa shape index (κ2) is 8.67. The van der Waals surface area contributed by atoms with Crippen LogP contribution in [0.5, 0.6) is 0 Å². The van der Waals surface area contributed by atoms with E-state index in [0.717, 1.165) is 57.7 Å². The molecule has 0 unspecified atom stereocenters. The first-order chi connectivity index (χ1) is 13.3. The van der Waals surface area contributed by atoms with Crippen LogP contribution >= 0.6 is 0 Å². The van der Waals surface area contributed by atoms with E-state index in [4.69, 9.17) is 4.74 Å². The first-order valence-electron chi connectivity index (χ1n) is 9.91. The number of aryl methyl sites for hydroxylation is 1. The van der Waals surface area contributed by atoms with Crippen LogP contribution in [-0.2, 0) is 16.1 Å². The minimum Gasteiger partial charge on any atom is -0.381 e. The van der Waals surface area contributed by atoms with E-state index < -0.39 is 0 Å². The van der Waals surface area contributed by atoms with Crippen molar-refractivity contribution in [2.45, 2.75) is 38.3 Å². The van der Waals surface area contributed by atoms with E-state index in [1.54, 1.807) is 6.20 Å². The van der Waals surface area contributed by atoms with Crippen LogP contribution < -0.4 is 5.32 Å². The molecule has 2 saturated heterocycles. The largest absolute Gasteiger partial charge is 0.381 e. The van der Waals surface area contributed by atoms with Crippen molar-refractivity contribution >= 4 is 11.7 Å². The molecule has 0 aromatic carbocycles. The van der Waals surface area contributed by atoms with Crippen molar-refractivity contribution in [2.24, 2.45) is 5.92 Å². The van der Waals surface area contributed by atoms with E-state index in [9.17, 15) is 4.79 Å². The van der Waals surface area contributed by atoms with Crippen LogP contribution in [0.1, 0.15) is 31.7 Å². The summed E-state index contributed by atoms with van der Waals surface area (Å²) < 4.78 is 9.30. The molecule has 2 aromatic heterocycles. The van der Waals surface area contributed by atoms with Gasteiger partial charge in [-0.25, -0.2) is 4.68 Å². The van der Waals surface area contributed by atoms with E-state index >= 15 is 0 Å². The van der Waals surface area contributed by atoms with Gasteiger partial charge in [0, 0.05) is 44.7 Å². The lowest BCUT2D eigenvalue weighted by molar-refractivity contribution is -0.119. The first-order valence-corrected chi connectivity index (χ1v) is 9.91. The molecule has 0 radical (unpaired) electrons. The smallest absolute Gasteiger partial charge is 0.231 e. The van der Waals surface area contributed by atoms with Crippen molar-refractivity contribution in [1.29, 1.82) is 0 Å². The average molecular weight is 372 g/mol. The third-order valence-corrected chi connectivity index (χ3v) is 5.55. The molecular formula is C19H28N6O2. The Balaban J connectivity index is 1.24. The topological polar surface area (TPSA) is 77.2 Å². The summed E-state index contributed by atoms with van der Waals surface area (Å²) in [6.07, 6.45) is 9.63. The van der Waals surface area contributed by atoms with Crippen molar-refractivity contribution in [1.82, 2.24) is 24.5 Å². The number of rotatable bonds is 7. The van der Waals surface area contributed by atoms with E-state index in [-0.39, 0.29) is 11.8 Å². The second-order valence-electron chi connectivity index (χ2n) is 7.41. The summed E-state index contributed by atoms with van der Waals surface area (Å²) in [5.41, 5.74) is 0. The fourth-order valence-corrected chi connectivity index (χ4v) is 3.95. The second-order valence-corrected chi connectivity index (χ2v) is 7.41. The third-order valence-electron chi connectivity index (χ3n) is 5.55. The van der Waals surface area contributed by atoms with Gasteiger partial charge in [0.2, 0.25) is 5.91 Å². The van der Waals surface area contributed by atoms with Crippen LogP contribution in [0.15, 0.2) is 30.7 Å². The molecule has 0 spiro atoms. The van der Waals surface area contributed by atoms with Gasteiger partial charge >= 0.3 is 0 Å². The number of hydrogen-bond donors (Lipinski definition) is 1. The average Bonchev–Trinajstić information content (AvgIpc) is 3.45. The van der Waals surface area contributed by atoms with E-state index in [2.05, 4.69) is 20.4 Å². The van der Waals surface area contributed by atoms with Gasteiger partial charge in [0.05, 0.1) is 24.8 Å². The van der Waals surface area contributed by atoms with Crippen molar-refractivity contribution in [2.75, 3.05) is 38.2 Å². The molecule has 0 bridgehead atoms. The Morgan fingerprint density at radius 3 is 2.81 bits per heavy atom. The lowest BCUT2D eigenvalue weighted by Gasteiger charge is -2.32. The maximum Gasteiger partial charge on any atom is 0.231 e. The summed E-state index contributed by atoms with van der Waals surface area (Å²) in [7, 11) is 0. The summed E-state index contributed by atoms with van der Waals surface area (Å²) in [6, 6.07) is 4.20.